The molecule has 132 valence electrons. The van der Waals surface area contributed by atoms with Crippen LogP contribution >= 0.6 is 11.3 Å². The van der Waals surface area contributed by atoms with Crippen LogP contribution in [0, 0.1) is 10.1 Å². The van der Waals surface area contributed by atoms with Gasteiger partial charge < -0.3 is 9.15 Å². The summed E-state index contributed by atoms with van der Waals surface area (Å²) in [6.45, 7) is 1.62. The Hall–Kier alpha value is -3.33. The monoisotopic (exact) mass is 371 g/mol. The number of nitrogens with zero attached hydrogens (tertiary/aromatic N) is 3. The first-order valence-electron chi connectivity index (χ1n) is 7.53. The minimum absolute atomic E-state index is 0.0340. The Labute approximate surface area is 151 Å². The molecule has 0 aliphatic carbocycles. The van der Waals surface area contributed by atoms with Crippen LogP contribution in [0.4, 0.5) is 5.69 Å². The molecule has 2 aromatic heterocycles. The Morgan fingerprint density at radius 2 is 2.08 bits per heavy atom. The highest BCUT2D eigenvalue weighted by molar-refractivity contribution is 7.10. The smallest absolute Gasteiger partial charge is 0.331 e. The van der Waals surface area contributed by atoms with Gasteiger partial charge in [0, 0.05) is 28.6 Å². The number of esters is 1. The number of ether oxygens (including phenoxy) is 1. The van der Waals surface area contributed by atoms with E-state index in [1.54, 1.807) is 13.0 Å². The molecular formula is C17H13N3O5S. The van der Waals surface area contributed by atoms with E-state index >= 15 is 0 Å². The van der Waals surface area contributed by atoms with Gasteiger partial charge in [-0.05, 0) is 36.6 Å². The molecule has 0 N–H and O–H groups in total. The first-order valence-corrected chi connectivity index (χ1v) is 8.41. The lowest BCUT2D eigenvalue weighted by atomic mass is 10.2. The van der Waals surface area contributed by atoms with Gasteiger partial charge >= 0.3 is 5.97 Å². The fourth-order valence-electron chi connectivity index (χ4n) is 2.04. The van der Waals surface area contributed by atoms with Gasteiger partial charge in [0.25, 0.3) is 11.6 Å². The Balaban J connectivity index is 1.64. The SMILES string of the molecule is CC(OC(=O)/C=C/c1cccs1)c1nnc(-c2ccc([N+](=O)[O-])cc2)o1. The lowest BCUT2D eigenvalue weighted by molar-refractivity contribution is -0.384. The van der Waals surface area contributed by atoms with Crippen LogP contribution in [0.1, 0.15) is 23.8 Å². The number of aromatic nitrogens is 2. The van der Waals surface area contributed by atoms with Crippen molar-refractivity contribution in [3.05, 3.63) is 68.7 Å². The molecule has 0 bridgehead atoms. The van der Waals surface area contributed by atoms with Gasteiger partial charge in [-0.2, -0.15) is 0 Å². The third-order valence-electron chi connectivity index (χ3n) is 3.33. The van der Waals surface area contributed by atoms with Gasteiger partial charge in [0.2, 0.25) is 5.89 Å². The molecule has 8 nitrogen and oxygen atoms in total. The van der Waals surface area contributed by atoms with Crippen LogP contribution in [0.15, 0.2) is 52.3 Å². The summed E-state index contributed by atoms with van der Waals surface area (Å²) >= 11 is 1.51. The van der Waals surface area contributed by atoms with E-state index in [9.17, 15) is 14.9 Å². The van der Waals surface area contributed by atoms with Crippen molar-refractivity contribution in [2.45, 2.75) is 13.0 Å². The summed E-state index contributed by atoms with van der Waals surface area (Å²) in [6, 6.07) is 9.48. The fourth-order valence-corrected chi connectivity index (χ4v) is 2.66. The summed E-state index contributed by atoms with van der Waals surface area (Å²) in [5.74, 6) is -0.205. The first-order chi connectivity index (χ1) is 12.5. The second-order valence-electron chi connectivity index (χ2n) is 5.18. The van der Waals surface area contributed by atoms with Gasteiger partial charge in [0.1, 0.15) is 0 Å². The number of carbonyl (C=O) groups excluding carboxylic acids is 1. The van der Waals surface area contributed by atoms with Gasteiger partial charge in [-0.1, -0.05) is 6.07 Å². The molecule has 1 aromatic carbocycles. The summed E-state index contributed by atoms with van der Waals surface area (Å²) < 4.78 is 10.7. The maximum absolute atomic E-state index is 11.8. The van der Waals surface area contributed by atoms with Crippen molar-refractivity contribution in [3.8, 4) is 11.5 Å². The van der Waals surface area contributed by atoms with Gasteiger partial charge in [-0.3, -0.25) is 10.1 Å². The number of rotatable bonds is 6. The highest BCUT2D eigenvalue weighted by atomic mass is 32.1. The van der Waals surface area contributed by atoms with E-state index in [0.29, 0.717) is 5.56 Å². The lowest BCUT2D eigenvalue weighted by Gasteiger charge is -2.06. The Morgan fingerprint density at radius 3 is 2.73 bits per heavy atom. The van der Waals surface area contributed by atoms with Gasteiger partial charge in [0.15, 0.2) is 6.10 Å². The van der Waals surface area contributed by atoms with Crippen LogP contribution in [-0.2, 0) is 9.53 Å². The largest absolute Gasteiger partial charge is 0.449 e. The number of hydrogen-bond acceptors (Lipinski definition) is 8. The summed E-state index contributed by atoms with van der Waals surface area (Å²) in [7, 11) is 0. The summed E-state index contributed by atoms with van der Waals surface area (Å²) in [6.07, 6.45) is 2.26. The van der Waals surface area contributed by atoms with E-state index in [1.807, 2.05) is 17.5 Å². The van der Waals surface area contributed by atoms with Crippen LogP contribution in [0.3, 0.4) is 0 Å². The summed E-state index contributed by atoms with van der Waals surface area (Å²) in [5, 5.41) is 20.3. The number of non-ortho nitro benzene ring substituents is 1. The first kappa shape index (κ1) is 17.5. The van der Waals surface area contributed by atoms with E-state index < -0.39 is 17.0 Å². The van der Waals surface area contributed by atoms with E-state index in [4.69, 9.17) is 9.15 Å². The van der Waals surface area contributed by atoms with Crippen LogP contribution in [0.25, 0.3) is 17.5 Å². The van der Waals surface area contributed by atoms with Gasteiger partial charge in [-0.25, -0.2) is 4.79 Å². The summed E-state index contributed by atoms with van der Waals surface area (Å²) in [5.41, 5.74) is 0.499. The van der Waals surface area contributed by atoms with Gasteiger partial charge in [0.05, 0.1) is 4.92 Å². The molecule has 0 saturated heterocycles. The molecule has 2 heterocycles. The van der Waals surface area contributed by atoms with E-state index in [0.717, 1.165) is 4.88 Å². The van der Waals surface area contributed by atoms with Crippen molar-refractivity contribution < 1.29 is 18.9 Å². The number of benzene rings is 1. The van der Waals surface area contributed by atoms with E-state index in [2.05, 4.69) is 10.2 Å². The molecule has 3 aromatic rings. The number of hydrogen-bond donors (Lipinski definition) is 0. The zero-order chi connectivity index (χ0) is 18.5. The standard InChI is InChI=1S/C17H13N3O5S/c1-11(24-15(21)9-8-14-3-2-10-26-14)16-18-19-17(25-16)12-4-6-13(7-5-12)20(22)23/h2-11H,1H3/b9-8+. The molecule has 0 saturated carbocycles. The third kappa shape index (κ3) is 4.19. The second-order valence-corrected chi connectivity index (χ2v) is 6.16. The van der Waals surface area contributed by atoms with E-state index in [-0.39, 0.29) is 17.5 Å². The molecule has 1 atom stereocenters. The quantitative estimate of drug-likeness (QED) is 0.278. The second kappa shape index (κ2) is 7.70. The van der Waals surface area contributed by atoms with Crippen molar-refractivity contribution in [3.63, 3.8) is 0 Å². The number of thiophene rings is 1. The fraction of sp³-hybridized carbons (Fsp3) is 0.118. The van der Waals surface area contributed by atoms with Crippen molar-refractivity contribution in [1.82, 2.24) is 10.2 Å². The molecule has 0 fully saturated rings. The van der Waals surface area contributed by atoms with Crippen LogP contribution in [0.5, 0.6) is 0 Å². The average Bonchev–Trinajstić information content (AvgIpc) is 3.32. The zero-order valence-corrected chi connectivity index (χ0v) is 14.4. The zero-order valence-electron chi connectivity index (χ0n) is 13.6. The third-order valence-corrected chi connectivity index (χ3v) is 4.17. The summed E-state index contributed by atoms with van der Waals surface area (Å²) in [4.78, 5) is 23.0. The predicted molar refractivity (Wildman–Crippen MR) is 94.2 cm³/mol. The van der Waals surface area contributed by atoms with Crippen molar-refractivity contribution in [1.29, 1.82) is 0 Å². The highest BCUT2D eigenvalue weighted by Gasteiger charge is 2.18. The number of nitro benzene ring substituents is 1. The Kier molecular flexibility index (Phi) is 5.18. The highest BCUT2D eigenvalue weighted by Crippen LogP contribution is 2.24. The molecule has 0 radical (unpaired) electrons. The predicted octanol–water partition coefficient (Wildman–Crippen LogP) is 4.02. The molecule has 0 amide bonds. The molecule has 3 rings (SSSR count). The van der Waals surface area contributed by atoms with E-state index in [1.165, 1.54) is 41.7 Å². The number of nitro groups is 1. The number of carbonyl (C=O) groups is 1. The molecule has 26 heavy (non-hydrogen) atoms. The lowest BCUT2D eigenvalue weighted by Crippen LogP contribution is -2.06. The topological polar surface area (TPSA) is 108 Å². The molecule has 9 heteroatoms. The molecule has 1 unspecified atom stereocenters. The van der Waals surface area contributed by atoms with Crippen molar-refractivity contribution >= 4 is 29.1 Å². The maximum Gasteiger partial charge on any atom is 0.331 e. The normalized spacial score (nSPS) is 12.2. The van der Waals surface area contributed by atoms with Crippen LogP contribution in [0.2, 0.25) is 0 Å². The minimum Gasteiger partial charge on any atom is -0.449 e. The van der Waals surface area contributed by atoms with Crippen LogP contribution < -0.4 is 0 Å². The van der Waals surface area contributed by atoms with Crippen molar-refractivity contribution in [2.75, 3.05) is 0 Å². The maximum atomic E-state index is 11.8. The molecule has 0 spiro atoms. The van der Waals surface area contributed by atoms with Crippen molar-refractivity contribution in [2.24, 2.45) is 0 Å². The van der Waals surface area contributed by atoms with Crippen LogP contribution in [-0.4, -0.2) is 21.1 Å². The average molecular weight is 371 g/mol. The Morgan fingerprint density at radius 1 is 1.31 bits per heavy atom. The molecule has 0 aliphatic heterocycles. The minimum atomic E-state index is -0.727. The van der Waals surface area contributed by atoms with Gasteiger partial charge in [-0.15, -0.1) is 21.5 Å². The molecular weight excluding hydrogens is 358 g/mol. The molecule has 0 aliphatic rings. The Bertz CT molecular complexity index is 932.